The first-order valence-corrected chi connectivity index (χ1v) is 9.81. The molecular weight excluding hydrogens is 372 g/mol. The van der Waals surface area contributed by atoms with Crippen LogP contribution in [0.4, 0.5) is 0 Å². The second kappa shape index (κ2) is 7.69. The Morgan fingerprint density at radius 1 is 1.31 bits per heavy atom. The number of methoxy groups -OCH3 is 1. The highest BCUT2D eigenvalue weighted by Gasteiger charge is 2.36. The number of pyridine rings is 2. The molecule has 3 heterocycles. The summed E-state index contributed by atoms with van der Waals surface area (Å²) in [7, 11) is 3.10. The first-order chi connectivity index (χ1) is 14.0. The summed E-state index contributed by atoms with van der Waals surface area (Å²) in [5.41, 5.74) is 1.58. The Morgan fingerprint density at radius 3 is 2.79 bits per heavy atom. The number of rotatable bonds is 5. The van der Waals surface area contributed by atoms with E-state index in [0.29, 0.717) is 29.2 Å². The van der Waals surface area contributed by atoms with Crippen LogP contribution in [0.1, 0.15) is 57.7 Å². The van der Waals surface area contributed by atoms with E-state index in [9.17, 15) is 14.4 Å². The number of aryl methyl sites for hydroxylation is 1. The Balaban J connectivity index is 1.54. The van der Waals surface area contributed by atoms with Gasteiger partial charge in [0, 0.05) is 31.4 Å². The normalized spacial score (nSPS) is 16.2. The van der Waals surface area contributed by atoms with Crippen LogP contribution >= 0.6 is 0 Å². The summed E-state index contributed by atoms with van der Waals surface area (Å²) in [4.78, 5) is 43.9. The summed E-state index contributed by atoms with van der Waals surface area (Å²) in [5, 5.41) is 2.73. The maximum Gasteiger partial charge on any atom is 0.263 e. The van der Waals surface area contributed by atoms with Gasteiger partial charge in [0.15, 0.2) is 0 Å². The summed E-state index contributed by atoms with van der Waals surface area (Å²) in [5.74, 6) is -0.106. The minimum absolute atomic E-state index is 0.00782. The summed E-state index contributed by atoms with van der Waals surface area (Å²) >= 11 is 0. The SMILES string of the molecule is COc1nc2c(cc1CNC(=O)c1cccn(C)c1=O)C(=O)N(C1CCCC1)C2. The predicted octanol–water partition coefficient (Wildman–Crippen LogP) is 1.62. The molecule has 1 N–H and O–H groups in total. The number of fused-ring (bicyclic) bond motifs is 1. The molecule has 152 valence electrons. The Hall–Kier alpha value is -3.16. The fraction of sp³-hybridized carbons (Fsp3) is 0.429. The fourth-order valence-electron chi connectivity index (χ4n) is 4.12. The second-order valence-corrected chi connectivity index (χ2v) is 7.54. The average molecular weight is 396 g/mol. The van der Waals surface area contributed by atoms with E-state index >= 15 is 0 Å². The number of hydrogen-bond acceptors (Lipinski definition) is 5. The van der Waals surface area contributed by atoms with Crippen LogP contribution in [0, 0.1) is 0 Å². The van der Waals surface area contributed by atoms with Crippen LogP contribution in [0.5, 0.6) is 5.88 Å². The van der Waals surface area contributed by atoms with E-state index in [1.807, 2.05) is 4.90 Å². The van der Waals surface area contributed by atoms with Gasteiger partial charge in [-0.25, -0.2) is 4.98 Å². The van der Waals surface area contributed by atoms with Crippen LogP contribution in [0.25, 0.3) is 0 Å². The molecule has 4 rings (SSSR count). The standard InChI is InChI=1S/C21H24N4O4/c1-24-9-5-8-15(20(24)27)18(26)22-11-13-10-16-17(23-19(13)29-2)12-25(21(16)28)14-6-3-4-7-14/h5,8-10,14H,3-4,6-7,11-12H2,1-2H3,(H,22,26). The van der Waals surface area contributed by atoms with Crippen molar-refractivity contribution >= 4 is 11.8 Å². The number of nitrogens with one attached hydrogen (secondary N) is 1. The van der Waals surface area contributed by atoms with E-state index in [2.05, 4.69) is 10.3 Å². The van der Waals surface area contributed by atoms with Gasteiger partial charge in [-0.2, -0.15) is 0 Å². The summed E-state index contributed by atoms with van der Waals surface area (Å²) in [6.07, 6.45) is 5.96. The third-order valence-electron chi connectivity index (χ3n) is 5.72. The molecule has 2 aromatic rings. The van der Waals surface area contributed by atoms with Crippen LogP contribution in [0.3, 0.4) is 0 Å². The van der Waals surface area contributed by atoms with E-state index in [1.165, 1.54) is 17.7 Å². The smallest absolute Gasteiger partial charge is 0.263 e. The quantitative estimate of drug-likeness (QED) is 0.829. The third-order valence-corrected chi connectivity index (χ3v) is 5.72. The van der Waals surface area contributed by atoms with Gasteiger partial charge in [-0.1, -0.05) is 12.8 Å². The van der Waals surface area contributed by atoms with E-state index in [1.54, 1.807) is 25.4 Å². The summed E-state index contributed by atoms with van der Waals surface area (Å²) in [6, 6.07) is 5.16. The van der Waals surface area contributed by atoms with E-state index in [0.717, 1.165) is 25.7 Å². The predicted molar refractivity (Wildman–Crippen MR) is 106 cm³/mol. The van der Waals surface area contributed by atoms with E-state index < -0.39 is 5.91 Å². The number of nitrogens with zero attached hydrogens (tertiary/aromatic N) is 3. The molecule has 29 heavy (non-hydrogen) atoms. The van der Waals surface area contributed by atoms with Gasteiger partial charge in [-0.15, -0.1) is 0 Å². The van der Waals surface area contributed by atoms with Gasteiger partial charge in [-0.05, 0) is 31.0 Å². The van der Waals surface area contributed by atoms with Crippen molar-refractivity contribution < 1.29 is 14.3 Å². The molecule has 0 radical (unpaired) electrons. The Kier molecular flexibility index (Phi) is 5.08. The minimum atomic E-state index is -0.479. The number of aromatic nitrogens is 2. The Bertz CT molecular complexity index is 1020. The number of hydrogen-bond donors (Lipinski definition) is 1. The fourth-order valence-corrected chi connectivity index (χ4v) is 4.12. The van der Waals surface area contributed by atoms with Crippen molar-refractivity contribution in [1.29, 1.82) is 0 Å². The van der Waals surface area contributed by atoms with Gasteiger partial charge in [0.05, 0.1) is 24.9 Å². The lowest BCUT2D eigenvalue weighted by molar-refractivity contribution is 0.0706. The lowest BCUT2D eigenvalue weighted by Crippen LogP contribution is -2.33. The van der Waals surface area contributed by atoms with Crippen LogP contribution < -0.4 is 15.6 Å². The minimum Gasteiger partial charge on any atom is -0.481 e. The topological polar surface area (TPSA) is 93.5 Å². The maximum atomic E-state index is 12.9. The molecule has 0 bridgehead atoms. The van der Waals surface area contributed by atoms with Gasteiger partial charge in [0.1, 0.15) is 5.56 Å². The van der Waals surface area contributed by atoms with Crippen molar-refractivity contribution in [3.63, 3.8) is 0 Å². The highest BCUT2D eigenvalue weighted by atomic mass is 16.5. The average Bonchev–Trinajstić information content (AvgIpc) is 3.35. The van der Waals surface area contributed by atoms with Crippen LogP contribution in [-0.2, 0) is 20.1 Å². The van der Waals surface area contributed by atoms with Crippen molar-refractivity contribution in [2.24, 2.45) is 7.05 Å². The van der Waals surface area contributed by atoms with Crippen LogP contribution in [0.2, 0.25) is 0 Å². The maximum absolute atomic E-state index is 12.9. The van der Waals surface area contributed by atoms with E-state index in [4.69, 9.17) is 4.74 Å². The van der Waals surface area contributed by atoms with Crippen molar-refractivity contribution in [2.45, 2.75) is 44.8 Å². The first kappa shape index (κ1) is 19.2. The molecule has 8 heteroatoms. The Morgan fingerprint density at radius 2 is 2.07 bits per heavy atom. The molecule has 1 aliphatic carbocycles. The highest BCUT2D eigenvalue weighted by Crippen LogP contribution is 2.33. The number of carbonyl (C=O) groups is 2. The van der Waals surface area contributed by atoms with Gasteiger partial charge in [0.2, 0.25) is 5.88 Å². The molecule has 2 amide bonds. The molecule has 0 spiro atoms. The van der Waals surface area contributed by atoms with Gasteiger partial charge in [0.25, 0.3) is 17.4 Å². The highest BCUT2D eigenvalue weighted by molar-refractivity contribution is 5.98. The van der Waals surface area contributed by atoms with Crippen molar-refractivity contribution in [1.82, 2.24) is 19.8 Å². The largest absolute Gasteiger partial charge is 0.481 e. The molecule has 2 aromatic heterocycles. The third kappa shape index (κ3) is 3.50. The zero-order chi connectivity index (χ0) is 20.5. The van der Waals surface area contributed by atoms with Crippen molar-refractivity contribution in [3.8, 4) is 5.88 Å². The van der Waals surface area contributed by atoms with Crippen molar-refractivity contribution in [3.05, 3.63) is 57.1 Å². The number of ether oxygens (including phenoxy) is 1. The molecule has 0 aromatic carbocycles. The zero-order valence-corrected chi connectivity index (χ0v) is 16.6. The number of carbonyl (C=O) groups excluding carboxylic acids is 2. The first-order valence-electron chi connectivity index (χ1n) is 9.81. The molecule has 0 atom stereocenters. The second-order valence-electron chi connectivity index (χ2n) is 7.54. The zero-order valence-electron chi connectivity index (χ0n) is 16.6. The Labute approximate surface area is 168 Å². The van der Waals surface area contributed by atoms with Gasteiger partial charge in [-0.3, -0.25) is 14.4 Å². The molecule has 8 nitrogen and oxygen atoms in total. The van der Waals surface area contributed by atoms with Crippen LogP contribution in [0.15, 0.2) is 29.2 Å². The molecule has 1 fully saturated rings. The number of amides is 2. The lowest BCUT2D eigenvalue weighted by Gasteiger charge is -2.22. The summed E-state index contributed by atoms with van der Waals surface area (Å²) < 4.78 is 6.74. The molecule has 0 saturated heterocycles. The van der Waals surface area contributed by atoms with Crippen molar-refractivity contribution in [2.75, 3.05) is 7.11 Å². The monoisotopic (exact) mass is 396 g/mol. The van der Waals surface area contributed by atoms with Gasteiger partial charge >= 0.3 is 0 Å². The van der Waals surface area contributed by atoms with Gasteiger partial charge < -0.3 is 19.5 Å². The molecule has 2 aliphatic rings. The molecule has 1 saturated carbocycles. The molecule has 1 aliphatic heterocycles. The summed E-state index contributed by atoms with van der Waals surface area (Å²) in [6.45, 7) is 0.610. The lowest BCUT2D eigenvalue weighted by atomic mass is 10.1. The van der Waals surface area contributed by atoms with E-state index in [-0.39, 0.29) is 29.6 Å². The molecular formula is C21H24N4O4. The molecule has 0 unspecified atom stereocenters. The van der Waals surface area contributed by atoms with Crippen LogP contribution in [-0.4, -0.2) is 39.4 Å².